The van der Waals surface area contributed by atoms with Gasteiger partial charge in [0, 0.05) is 17.5 Å². The molecule has 0 saturated heterocycles. The summed E-state index contributed by atoms with van der Waals surface area (Å²) in [6, 6.07) is 3.18. The van der Waals surface area contributed by atoms with E-state index in [0.717, 1.165) is 24.3 Å². The topological polar surface area (TPSA) is 40.5 Å². The number of aromatic hydroxyl groups is 2. The number of phenols is 2. The first-order chi connectivity index (χ1) is 11.3. The van der Waals surface area contributed by atoms with Gasteiger partial charge in [-0.3, -0.25) is 0 Å². The highest BCUT2D eigenvalue weighted by atomic mass is 35.5. The number of rotatable bonds is 2. The van der Waals surface area contributed by atoms with Crippen LogP contribution >= 0.6 is 23.2 Å². The third kappa shape index (κ3) is 3.90. The first-order valence-corrected chi connectivity index (χ1v) is 7.24. The molecule has 0 radical (unpaired) electrons. The van der Waals surface area contributed by atoms with Crippen molar-refractivity contribution in [2.45, 2.75) is 18.8 Å². The van der Waals surface area contributed by atoms with Crippen molar-refractivity contribution in [3.63, 3.8) is 0 Å². The van der Waals surface area contributed by atoms with Crippen LogP contribution in [0.1, 0.15) is 22.3 Å². The fourth-order valence-electron chi connectivity index (χ4n) is 2.36. The van der Waals surface area contributed by atoms with Gasteiger partial charge in [0.1, 0.15) is 11.5 Å². The molecule has 0 saturated carbocycles. The maximum atomic E-state index is 13.2. The average Bonchev–Trinajstić information content (AvgIpc) is 2.43. The SMILES string of the molecule is Oc1ccc(Cl)c(C(F)(F)F)c1Cc1c(O)ccc(Cl)c1C(F)(F)F. The highest BCUT2D eigenvalue weighted by Crippen LogP contribution is 2.45. The second-order valence-corrected chi connectivity index (χ2v) is 5.83. The van der Waals surface area contributed by atoms with E-state index in [1.165, 1.54) is 0 Å². The summed E-state index contributed by atoms with van der Waals surface area (Å²) in [4.78, 5) is 0. The number of alkyl halides is 6. The standard InChI is InChI=1S/C15H8Cl2F6O2/c16-8-1-3-10(24)6(12(8)14(18,19)20)5-7-11(25)4-2-9(17)13(7)15(21,22)23/h1-4,24-25H,5H2. The zero-order chi connectivity index (χ0) is 19.2. The Kier molecular flexibility index (Phi) is 5.07. The predicted molar refractivity (Wildman–Crippen MR) is 79.0 cm³/mol. The molecule has 0 aliphatic rings. The van der Waals surface area contributed by atoms with Crippen molar-refractivity contribution in [3.05, 3.63) is 56.6 Å². The normalized spacial score (nSPS) is 12.5. The van der Waals surface area contributed by atoms with E-state index in [1.54, 1.807) is 0 Å². The van der Waals surface area contributed by atoms with Crippen LogP contribution in [0.2, 0.25) is 10.0 Å². The maximum Gasteiger partial charge on any atom is 0.418 e. The monoisotopic (exact) mass is 404 g/mol. The minimum Gasteiger partial charge on any atom is -0.508 e. The molecule has 2 nitrogen and oxygen atoms in total. The second kappa shape index (κ2) is 6.49. The molecule has 0 fully saturated rings. The van der Waals surface area contributed by atoms with Crippen molar-refractivity contribution >= 4 is 23.2 Å². The zero-order valence-corrected chi connectivity index (χ0v) is 13.4. The summed E-state index contributed by atoms with van der Waals surface area (Å²) in [7, 11) is 0. The first kappa shape index (κ1) is 19.5. The fraction of sp³-hybridized carbons (Fsp3) is 0.200. The molecular formula is C15H8Cl2F6O2. The fourth-order valence-corrected chi connectivity index (χ4v) is 2.93. The third-order valence-electron chi connectivity index (χ3n) is 3.40. The first-order valence-electron chi connectivity index (χ1n) is 6.49. The van der Waals surface area contributed by atoms with E-state index in [1.807, 2.05) is 0 Å². The van der Waals surface area contributed by atoms with Crippen LogP contribution in [0.25, 0.3) is 0 Å². The van der Waals surface area contributed by atoms with Gasteiger partial charge in [-0.1, -0.05) is 23.2 Å². The smallest absolute Gasteiger partial charge is 0.418 e. The lowest BCUT2D eigenvalue weighted by atomic mass is 9.94. The largest absolute Gasteiger partial charge is 0.508 e. The molecule has 0 aromatic heterocycles. The molecule has 0 spiro atoms. The van der Waals surface area contributed by atoms with Gasteiger partial charge in [0.05, 0.1) is 21.2 Å². The molecule has 0 amide bonds. The molecule has 0 aliphatic heterocycles. The number of halogens is 8. The van der Waals surface area contributed by atoms with Gasteiger partial charge in [0.15, 0.2) is 0 Å². The van der Waals surface area contributed by atoms with Crippen LogP contribution in [-0.2, 0) is 18.8 Å². The Morgan fingerprint density at radius 3 is 1.28 bits per heavy atom. The van der Waals surface area contributed by atoms with Crippen molar-refractivity contribution in [2.75, 3.05) is 0 Å². The third-order valence-corrected chi connectivity index (χ3v) is 4.03. The highest BCUT2D eigenvalue weighted by Gasteiger charge is 2.40. The summed E-state index contributed by atoms with van der Waals surface area (Å²) in [6.07, 6.45) is -11.1. The van der Waals surface area contributed by atoms with Crippen LogP contribution in [0.4, 0.5) is 26.3 Å². The van der Waals surface area contributed by atoms with E-state index in [0.29, 0.717) is 0 Å². The molecule has 25 heavy (non-hydrogen) atoms. The van der Waals surface area contributed by atoms with Crippen molar-refractivity contribution in [1.82, 2.24) is 0 Å². The minimum atomic E-state index is -5.03. The van der Waals surface area contributed by atoms with Gasteiger partial charge >= 0.3 is 12.4 Å². The van der Waals surface area contributed by atoms with Crippen molar-refractivity contribution < 1.29 is 36.6 Å². The molecule has 2 N–H and O–H groups in total. The lowest BCUT2D eigenvalue weighted by molar-refractivity contribution is -0.138. The zero-order valence-electron chi connectivity index (χ0n) is 11.9. The van der Waals surface area contributed by atoms with Gasteiger partial charge in [-0.15, -0.1) is 0 Å². The Morgan fingerprint density at radius 2 is 1.00 bits per heavy atom. The van der Waals surface area contributed by atoms with Gasteiger partial charge in [-0.25, -0.2) is 0 Å². The second-order valence-electron chi connectivity index (χ2n) is 5.01. The van der Waals surface area contributed by atoms with Gasteiger partial charge < -0.3 is 10.2 Å². The van der Waals surface area contributed by atoms with Crippen molar-refractivity contribution in [3.8, 4) is 11.5 Å². The lowest BCUT2D eigenvalue weighted by Crippen LogP contribution is -2.14. The molecule has 2 aromatic carbocycles. The summed E-state index contributed by atoms with van der Waals surface area (Å²) in [5, 5.41) is 17.9. The molecule has 0 atom stereocenters. The molecule has 0 bridgehead atoms. The van der Waals surface area contributed by atoms with Gasteiger partial charge in [0.25, 0.3) is 0 Å². The quantitative estimate of drug-likeness (QED) is 0.599. The predicted octanol–water partition coefficient (Wildman–Crippen LogP) is 6.03. The summed E-state index contributed by atoms with van der Waals surface area (Å²) in [5.74, 6) is -1.83. The molecular weight excluding hydrogens is 397 g/mol. The van der Waals surface area contributed by atoms with Crippen LogP contribution in [0.15, 0.2) is 24.3 Å². The minimum absolute atomic E-state index is 0.770. The lowest BCUT2D eigenvalue weighted by Gasteiger charge is -2.19. The Morgan fingerprint density at radius 1 is 0.680 bits per heavy atom. The average molecular weight is 405 g/mol. The molecule has 2 aromatic rings. The number of benzene rings is 2. The molecule has 0 heterocycles. The Balaban J connectivity index is 2.75. The van der Waals surface area contributed by atoms with Crippen LogP contribution in [-0.4, -0.2) is 10.2 Å². The molecule has 136 valence electrons. The van der Waals surface area contributed by atoms with E-state index >= 15 is 0 Å². The molecule has 0 aliphatic carbocycles. The van der Waals surface area contributed by atoms with E-state index in [2.05, 4.69) is 0 Å². The number of phenolic OH excluding ortho intramolecular Hbond substituents is 2. The molecule has 0 unspecified atom stereocenters. The highest BCUT2D eigenvalue weighted by molar-refractivity contribution is 6.32. The summed E-state index contributed by atoms with van der Waals surface area (Å²) >= 11 is 11.0. The van der Waals surface area contributed by atoms with Gasteiger partial charge in [-0.2, -0.15) is 26.3 Å². The number of hydrogen-bond donors (Lipinski definition) is 2. The summed E-state index contributed by atoms with van der Waals surface area (Å²) < 4.78 is 79.2. The molecule has 2 rings (SSSR count). The Hall–Kier alpha value is -1.80. The van der Waals surface area contributed by atoms with E-state index < -0.39 is 62.6 Å². The molecule has 10 heteroatoms. The summed E-state index contributed by atoms with van der Waals surface area (Å²) in [5.41, 5.74) is -4.77. The van der Waals surface area contributed by atoms with Gasteiger partial charge in [0.2, 0.25) is 0 Å². The number of hydrogen-bond acceptors (Lipinski definition) is 2. The van der Waals surface area contributed by atoms with E-state index in [4.69, 9.17) is 23.2 Å². The van der Waals surface area contributed by atoms with E-state index in [-0.39, 0.29) is 0 Å². The van der Waals surface area contributed by atoms with Crippen LogP contribution in [0, 0.1) is 0 Å². The van der Waals surface area contributed by atoms with Gasteiger partial charge in [-0.05, 0) is 24.3 Å². The van der Waals surface area contributed by atoms with Crippen molar-refractivity contribution in [1.29, 1.82) is 0 Å². The van der Waals surface area contributed by atoms with Crippen LogP contribution in [0.5, 0.6) is 11.5 Å². The maximum absolute atomic E-state index is 13.2. The Bertz CT molecular complexity index is 748. The Labute approximate surface area is 147 Å². The summed E-state index contributed by atoms with van der Waals surface area (Å²) in [6.45, 7) is 0. The van der Waals surface area contributed by atoms with Crippen LogP contribution < -0.4 is 0 Å². The van der Waals surface area contributed by atoms with Crippen molar-refractivity contribution in [2.24, 2.45) is 0 Å². The van der Waals surface area contributed by atoms with E-state index in [9.17, 15) is 36.6 Å². The van der Waals surface area contributed by atoms with Crippen LogP contribution in [0.3, 0.4) is 0 Å².